The van der Waals surface area contributed by atoms with Crippen molar-refractivity contribution >= 4 is 61.6 Å². The van der Waals surface area contributed by atoms with Gasteiger partial charge in [-0.25, -0.2) is 9.98 Å². The smallest absolute Gasteiger partial charge is 0.161 e. The molecule has 44 heavy (non-hydrogen) atoms. The van der Waals surface area contributed by atoms with Crippen molar-refractivity contribution < 1.29 is 4.42 Å². The van der Waals surface area contributed by atoms with Crippen LogP contribution in [0.15, 0.2) is 160 Å². The van der Waals surface area contributed by atoms with Gasteiger partial charge in [0.1, 0.15) is 5.58 Å². The van der Waals surface area contributed by atoms with Crippen LogP contribution in [0.3, 0.4) is 0 Å². The molecule has 1 N–H and O–H groups in total. The maximum absolute atomic E-state index is 8.68. The van der Waals surface area contributed by atoms with Gasteiger partial charge in [0.25, 0.3) is 0 Å². The molecule has 0 fully saturated rings. The number of hydrogen-bond donors (Lipinski definition) is 1. The van der Waals surface area contributed by atoms with Crippen molar-refractivity contribution in [3.63, 3.8) is 0 Å². The third kappa shape index (κ3) is 4.39. The predicted molar refractivity (Wildman–Crippen MR) is 182 cm³/mol. The molecule has 208 valence electrons. The summed E-state index contributed by atoms with van der Waals surface area (Å²) in [5.74, 6) is 0.626. The number of benzene rings is 6. The summed E-state index contributed by atoms with van der Waals surface area (Å²) in [6, 6.07) is 48.7. The lowest BCUT2D eigenvalue weighted by Crippen LogP contribution is -2.05. The van der Waals surface area contributed by atoms with Gasteiger partial charge in [-0.3, -0.25) is 5.41 Å². The highest BCUT2D eigenvalue weighted by atomic mass is 16.3. The van der Waals surface area contributed by atoms with Crippen LogP contribution in [-0.4, -0.2) is 22.5 Å². The first-order valence-corrected chi connectivity index (χ1v) is 14.5. The third-order valence-corrected chi connectivity index (χ3v) is 7.96. The Hall–Kier alpha value is -6.07. The number of furan rings is 1. The molecule has 0 amide bonds. The van der Waals surface area contributed by atoms with Crippen LogP contribution >= 0.6 is 0 Å². The minimum atomic E-state index is 0.157. The number of fused-ring (bicyclic) bond motifs is 7. The van der Waals surface area contributed by atoms with Crippen molar-refractivity contribution in [2.45, 2.75) is 0 Å². The van der Waals surface area contributed by atoms with E-state index in [2.05, 4.69) is 64.2 Å². The lowest BCUT2D eigenvalue weighted by Gasteiger charge is -2.10. The van der Waals surface area contributed by atoms with Crippen LogP contribution in [0.5, 0.6) is 0 Å². The van der Waals surface area contributed by atoms with Crippen LogP contribution in [0.25, 0.3) is 49.4 Å². The van der Waals surface area contributed by atoms with E-state index in [4.69, 9.17) is 14.8 Å². The zero-order valence-electron chi connectivity index (χ0n) is 23.7. The Morgan fingerprint density at radius 1 is 0.591 bits per heavy atom. The highest BCUT2D eigenvalue weighted by Crippen LogP contribution is 2.40. The van der Waals surface area contributed by atoms with Gasteiger partial charge in [-0.15, -0.1) is 0 Å². The minimum absolute atomic E-state index is 0.157. The minimum Gasteiger partial charge on any atom is -0.454 e. The lowest BCUT2D eigenvalue weighted by molar-refractivity contribution is 0.671. The maximum Gasteiger partial charge on any atom is 0.161 e. The normalized spacial score (nSPS) is 12.2. The maximum atomic E-state index is 8.68. The Morgan fingerprint density at radius 2 is 1.25 bits per heavy atom. The van der Waals surface area contributed by atoms with Crippen LogP contribution in [0.1, 0.15) is 16.7 Å². The molecule has 5 heteroatoms. The van der Waals surface area contributed by atoms with Crippen molar-refractivity contribution in [3.05, 3.63) is 162 Å². The number of aromatic nitrogens is 1. The topological polar surface area (TPSA) is 66.6 Å². The molecule has 2 aromatic heterocycles. The van der Waals surface area contributed by atoms with E-state index >= 15 is 0 Å². The summed E-state index contributed by atoms with van der Waals surface area (Å²) in [6.45, 7) is 0. The van der Waals surface area contributed by atoms with Crippen LogP contribution < -0.4 is 0 Å². The highest BCUT2D eigenvalue weighted by molar-refractivity contribution is 6.21. The average Bonchev–Trinajstić information content (AvgIpc) is 3.64. The molecule has 0 bridgehead atoms. The second-order valence-corrected chi connectivity index (χ2v) is 10.7. The number of hydrogen-bond acceptors (Lipinski definition) is 2. The quantitative estimate of drug-likeness (QED) is 0.167. The summed E-state index contributed by atoms with van der Waals surface area (Å²) in [7, 11) is 0. The molecule has 0 aliphatic rings. The van der Waals surface area contributed by atoms with Gasteiger partial charge in [-0.2, -0.15) is 0 Å². The number of nitrogens with zero attached hydrogens (tertiary/aromatic N) is 3. The van der Waals surface area contributed by atoms with E-state index in [1.54, 1.807) is 6.21 Å². The van der Waals surface area contributed by atoms with Gasteiger partial charge in [-0.1, -0.05) is 103 Å². The number of aliphatic imine (C=N–C) groups is 2. The summed E-state index contributed by atoms with van der Waals surface area (Å²) in [5, 5.41) is 13.2. The molecule has 0 aliphatic carbocycles. The van der Waals surface area contributed by atoms with E-state index in [1.165, 1.54) is 5.39 Å². The molecule has 0 saturated heterocycles. The zero-order valence-corrected chi connectivity index (χ0v) is 23.7. The molecular formula is C39H26N4O. The summed E-state index contributed by atoms with van der Waals surface area (Å²) in [4.78, 5) is 9.42. The summed E-state index contributed by atoms with van der Waals surface area (Å²) >= 11 is 0. The molecule has 0 unspecified atom stereocenters. The van der Waals surface area contributed by atoms with Gasteiger partial charge in [0.05, 0.1) is 11.0 Å². The summed E-state index contributed by atoms with van der Waals surface area (Å²) in [5.41, 5.74) is 7.39. The third-order valence-electron chi connectivity index (χ3n) is 7.96. The fourth-order valence-electron chi connectivity index (χ4n) is 5.87. The monoisotopic (exact) mass is 566 g/mol. The molecule has 5 nitrogen and oxygen atoms in total. The van der Waals surface area contributed by atoms with E-state index in [-0.39, 0.29) is 5.84 Å². The fourth-order valence-corrected chi connectivity index (χ4v) is 5.87. The summed E-state index contributed by atoms with van der Waals surface area (Å²) in [6.07, 6.45) is 1.79. The Morgan fingerprint density at radius 3 is 2.05 bits per heavy atom. The largest absolute Gasteiger partial charge is 0.454 e. The number of amidine groups is 2. The van der Waals surface area contributed by atoms with Crippen molar-refractivity contribution in [1.82, 2.24) is 4.57 Å². The molecular weight excluding hydrogens is 540 g/mol. The van der Waals surface area contributed by atoms with Gasteiger partial charge < -0.3 is 8.98 Å². The van der Waals surface area contributed by atoms with E-state index in [9.17, 15) is 0 Å². The van der Waals surface area contributed by atoms with E-state index < -0.39 is 0 Å². The molecule has 8 aromatic rings. The summed E-state index contributed by atoms with van der Waals surface area (Å²) < 4.78 is 8.77. The van der Waals surface area contributed by atoms with E-state index in [0.717, 1.165) is 60.7 Å². The van der Waals surface area contributed by atoms with Gasteiger partial charge in [0.2, 0.25) is 0 Å². The lowest BCUT2D eigenvalue weighted by atomic mass is 10.1. The van der Waals surface area contributed by atoms with Gasteiger partial charge >= 0.3 is 0 Å². The van der Waals surface area contributed by atoms with Crippen molar-refractivity contribution in [2.24, 2.45) is 9.98 Å². The first kappa shape index (κ1) is 25.6. The van der Waals surface area contributed by atoms with Gasteiger partial charge in [-0.05, 0) is 48.0 Å². The van der Waals surface area contributed by atoms with Crippen LogP contribution in [-0.2, 0) is 0 Å². The Labute approximate surface area is 253 Å². The molecule has 2 heterocycles. The molecule has 0 atom stereocenters. The predicted octanol–water partition coefficient (Wildman–Crippen LogP) is 9.57. The van der Waals surface area contributed by atoms with Crippen molar-refractivity contribution in [3.8, 4) is 5.69 Å². The van der Waals surface area contributed by atoms with Crippen LogP contribution in [0.4, 0.5) is 0 Å². The number of para-hydroxylation sites is 2. The SMILES string of the molecule is N=C(/N=C(\N=C\c1ccccc1)c1ccc(-n2c3ccccc3c3ccc4c5ccccc5oc4c32)cc1)c1ccccc1. The second kappa shape index (κ2) is 10.6. The fraction of sp³-hybridized carbons (Fsp3) is 0. The molecule has 8 rings (SSSR count). The first-order chi connectivity index (χ1) is 21.7. The first-order valence-electron chi connectivity index (χ1n) is 14.5. The van der Waals surface area contributed by atoms with Crippen LogP contribution in [0.2, 0.25) is 0 Å². The second-order valence-electron chi connectivity index (χ2n) is 10.7. The zero-order chi connectivity index (χ0) is 29.5. The molecule has 0 spiro atoms. The Kier molecular flexibility index (Phi) is 6.20. The van der Waals surface area contributed by atoms with Gasteiger partial charge in [0.15, 0.2) is 17.3 Å². The molecule has 0 radical (unpaired) electrons. The Bertz CT molecular complexity index is 2380. The molecule has 6 aromatic carbocycles. The van der Waals surface area contributed by atoms with E-state index in [0.29, 0.717) is 5.84 Å². The molecule has 0 aliphatic heterocycles. The highest BCUT2D eigenvalue weighted by Gasteiger charge is 2.19. The number of nitrogens with one attached hydrogen (secondary N) is 1. The van der Waals surface area contributed by atoms with Crippen LogP contribution in [0, 0.1) is 5.41 Å². The Balaban J connectivity index is 1.28. The average molecular weight is 567 g/mol. The number of rotatable bonds is 4. The van der Waals surface area contributed by atoms with E-state index in [1.807, 2.05) is 91.0 Å². The standard InChI is InChI=1S/C39H26N4O/c40-38(27-13-5-2-6-14-27)42-39(41-25-26-11-3-1-4-12-26)28-19-21-29(22-20-28)43-34-17-9-7-15-30(34)32-23-24-33-31-16-8-10-18-35(31)44-37(33)36(32)43/h1-25,40H/b40-38?,41-25+,42-39-. The van der Waals surface area contributed by atoms with Crippen molar-refractivity contribution in [1.29, 1.82) is 5.41 Å². The van der Waals surface area contributed by atoms with Gasteiger partial charge in [0, 0.05) is 44.6 Å². The van der Waals surface area contributed by atoms with Crippen molar-refractivity contribution in [2.75, 3.05) is 0 Å². The molecule has 0 saturated carbocycles.